The SMILES string of the molecule is Cc1ccc(NS(=O)(=O)c2ccc(NC(=O)c3ccc(CN(c4ccccc4)S(C)(=O)=O)cc3)cc2)cc1C. The average molecular weight is 564 g/mol. The maximum absolute atomic E-state index is 12.8. The number of sulfonamides is 2. The van der Waals surface area contributed by atoms with Gasteiger partial charge in [-0.25, -0.2) is 16.8 Å². The van der Waals surface area contributed by atoms with E-state index in [4.69, 9.17) is 0 Å². The first-order chi connectivity index (χ1) is 18.4. The second-order valence-corrected chi connectivity index (χ2v) is 12.8. The van der Waals surface area contributed by atoms with E-state index in [1.807, 2.05) is 26.0 Å². The van der Waals surface area contributed by atoms with Gasteiger partial charge in [-0.05, 0) is 91.2 Å². The molecule has 4 rings (SSSR count). The van der Waals surface area contributed by atoms with Crippen molar-refractivity contribution in [1.82, 2.24) is 0 Å². The molecule has 0 atom stereocenters. The Bertz CT molecular complexity index is 1690. The van der Waals surface area contributed by atoms with Crippen LogP contribution in [-0.4, -0.2) is 29.0 Å². The number of rotatable bonds is 9. The van der Waals surface area contributed by atoms with Gasteiger partial charge in [-0.3, -0.25) is 13.8 Å². The van der Waals surface area contributed by atoms with Gasteiger partial charge < -0.3 is 5.32 Å². The molecule has 0 saturated carbocycles. The molecule has 0 aliphatic heterocycles. The van der Waals surface area contributed by atoms with E-state index in [1.165, 1.54) is 28.6 Å². The van der Waals surface area contributed by atoms with Gasteiger partial charge in [0.05, 0.1) is 23.4 Å². The highest BCUT2D eigenvalue weighted by molar-refractivity contribution is 7.92. The van der Waals surface area contributed by atoms with E-state index >= 15 is 0 Å². The van der Waals surface area contributed by atoms with Crippen LogP contribution in [0.5, 0.6) is 0 Å². The van der Waals surface area contributed by atoms with Gasteiger partial charge in [0.25, 0.3) is 15.9 Å². The largest absolute Gasteiger partial charge is 0.322 e. The van der Waals surface area contributed by atoms with Crippen molar-refractivity contribution in [2.75, 3.05) is 20.6 Å². The first kappa shape index (κ1) is 27.9. The van der Waals surface area contributed by atoms with E-state index in [0.717, 1.165) is 17.4 Å². The molecule has 0 spiro atoms. The minimum Gasteiger partial charge on any atom is -0.322 e. The van der Waals surface area contributed by atoms with E-state index in [9.17, 15) is 21.6 Å². The summed E-state index contributed by atoms with van der Waals surface area (Å²) in [6.45, 7) is 3.98. The lowest BCUT2D eigenvalue weighted by Crippen LogP contribution is -2.29. The molecular formula is C29H29N3O5S2. The van der Waals surface area contributed by atoms with E-state index in [-0.39, 0.29) is 17.3 Å². The van der Waals surface area contributed by atoms with Gasteiger partial charge in [-0.1, -0.05) is 36.4 Å². The Balaban J connectivity index is 1.41. The van der Waals surface area contributed by atoms with Crippen LogP contribution in [0.3, 0.4) is 0 Å². The maximum Gasteiger partial charge on any atom is 0.261 e. The maximum atomic E-state index is 12.8. The Kier molecular flexibility index (Phi) is 8.08. The van der Waals surface area contributed by atoms with Crippen molar-refractivity contribution >= 4 is 43.0 Å². The third kappa shape index (κ3) is 7.04. The lowest BCUT2D eigenvalue weighted by Gasteiger charge is -2.22. The van der Waals surface area contributed by atoms with Gasteiger partial charge in [0.1, 0.15) is 0 Å². The molecule has 0 bridgehead atoms. The molecule has 8 nitrogen and oxygen atoms in total. The summed E-state index contributed by atoms with van der Waals surface area (Å²) in [6, 6.07) is 26.6. The van der Waals surface area contributed by atoms with E-state index in [2.05, 4.69) is 10.0 Å². The number of para-hydroxylation sites is 1. The number of anilines is 3. The minimum atomic E-state index is -3.80. The topological polar surface area (TPSA) is 113 Å². The van der Waals surface area contributed by atoms with Crippen LogP contribution < -0.4 is 14.3 Å². The zero-order chi connectivity index (χ0) is 28.2. The monoisotopic (exact) mass is 563 g/mol. The summed E-state index contributed by atoms with van der Waals surface area (Å²) in [6.07, 6.45) is 1.15. The van der Waals surface area contributed by atoms with Crippen LogP contribution in [0.1, 0.15) is 27.0 Å². The molecule has 0 unspecified atom stereocenters. The zero-order valence-corrected chi connectivity index (χ0v) is 23.4. The first-order valence-electron chi connectivity index (χ1n) is 12.1. The van der Waals surface area contributed by atoms with Crippen LogP contribution in [-0.2, 0) is 26.6 Å². The average Bonchev–Trinajstić information content (AvgIpc) is 2.90. The second-order valence-electron chi connectivity index (χ2n) is 9.19. The molecule has 0 aliphatic carbocycles. The lowest BCUT2D eigenvalue weighted by atomic mass is 10.1. The standard InChI is InChI=1S/C29H29N3O5S2/c1-21-9-14-26(19-22(21)2)31-39(36,37)28-17-15-25(16-18-28)30-29(33)24-12-10-23(11-13-24)20-32(38(3,34)35)27-7-5-4-6-8-27/h4-19,31H,20H2,1-3H3,(H,30,33). The molecule has 0 heterocycles. The number of carbonyl (C=O) groups is 1. The fourth-order valence-corrected chi connectivity index (χ4v) is 5.80. The van der Waals surface area contributed by atoms with E-state index in [1.54, 1.807) is 60.7 Å². The predicted octanol–water partition coefficient (Wildman–Crippen LogP) is 5.32. The molecule has 4 aromatic carbocycles. The van der Waals surface area contributed by atoms with Crippen LogP contribution in [0.4, 0.5) is 17.1 Å². The molecule has 0 saturated heterocycles. The highest BCUT2D eigenvalue weighted by atomic mass is 32.2. The molecule has 1 amide bonds. The van der Waals surface area contributed by atoms with E-state index in [0.29, 0.717) is 28.2 Å². The van der Waals surface area contributed by atoms with Crippen LogP contribution in [0.15, 0.2) is 102 Å². The van der Waals surface area contributed by atoms with Crippen molar-refractivity contribution in [2.45, 2.75) is 25.3 Å². The molecule has 0 aromatic heterocycles. The molecule has 4 aromatic rings. The van der Waals surface area contributed by atoms with Crippen molar-refractivity contribution in [3.63, 3.8) is 0 Å². The Morgan fingerprint density at radius 1 is 0.744 bits per heavy atom. The van der Waals surface area contributed by atoms with Crippen molar-refractivity contribution in [2.24, 2.45) is 0 Å². The van der Waals surface area contributed by atoms with Gasteiger partial charge in [0.15, 0.2) is 0 Å². The molecule has 10 heteroatoms. The van der Waals surface area contributed by atoms with E-state index < -0.39 is 20.0 Å². The van der Waals surface area contributed by atoms with Crippen LogP contribution >= 0.6 is 0 Å². The fourth-order valence-electron chi connectivity index (χ4n) is 3.86. The van der Waals surface area contributed by atoms with Crippen molar-refractivity contribution in [3.8, 4) is 0 Å². The minimum absolute atomic E-state index is 0.0666. The Morgan fingerprint density at radius 3 is 1.95 bits per heavy atom. The predicted molar refractivity (Wildman–Crippen MR) is 155 cm³/mol. The summed E-state index contributed by atoms with van der Waals surface area (Å²) < 4.78 is 54.1. The quantitative estimate of drug-likeness (QED) is 0.286. The van der Waals surface area contributed by atoms with Crippen LogP contribution in [0, 0.1) is 13.8 Å². The summed E-state index contributed by atoms with van der Waals surface area (Å²) >= 11 is 0. The van der Waals surface area contributed by atoms with Crippen LogP contribution in [0.25, 0.3) is 0 Å². The van der Waals surface area contributed by atoms with Gasteiger partial charge in [-0.2, -0.15) is 0 Å². The summed E-state index contributed by atoms with van der Waals surface area (Å²) in [5, 5.41) is 2.75. The molecule has 0 aliphatic rings. The third-order valence-electron chi connectivity index (χ3n) is 6.17. The molecule has 0 radical (unpaired) electrons. The number of nitrogens with one attached hydrogen (secondary N) is 2. The summed E-state index contributed by atoms with van der Waals surface area (Å²) in [5.41, 5.74) is 4.59. The Morgan fingerprint density at radius 2 is 1.36 bits per heavy atom. The van der Waals surface area contributed by atoms with Gasteiger partial charge in [0, 0.05) is 16.9 Å². The van der Waals surface area contributed by atoms with Gasteiger partial charge in [-0.15, -0.1) is 0 Å². The Labute approximate surface area is 229 Å². The fraction of sp³-hybridized carbons (Fsp3) is 0.138. The number of aryl methyl sites for hydroxylation is 2. The van der Waals surface area contributed by atoms with Crippen molar-refractivity contribution in [1.29, 1.82) is 0 Å². The number of benzene rings is 4. The Hall–Kier alpha value is -4.15. The first-order valence-corrected chi connectivity index (χ1v) is 15.4. The number of hydrogen-bond acceptors (Lipinski definition) is 5. The smallest absolute Gasteiger partial charge is 0.261 e. The molecule has 202 valence electrons. The number of nitrogens with zero attached hydrogens (tertiary/aromatic N) is 1. The third-order valence-corrected chi connectivity index (χ3v) is 8.71. The molecule has 2 N–H and O–H groups in total. The summed E-state index contributed by atoms with van der Waals surface area (Å²) in [7, 11) is -7.31. The van der Waals surface area contributed by atoms with Crippen molar-refractivity contribution in [3.05, 3.63) is 119 Å². The molecule has 0 fully saturated rings. The summed E-state index contributed by atoms with van der Waals surface area (Å²) in [5.74, 6) is -0.381. The molecule has 39 heavy (non-hydrogen) atoms. The highest BCUT2D eigenvalue weighted by Gasteiger charge is 2.18. The van der Waals surface area contributed by atoms with Gasteiger partial charge in [0.2, 0.25) is 10.0 Å². The van der Waals surface area contributed by atoms with Crippen LogP contribution in [0.2, 0.25) is 0 Å². The number of carbonyl (C=O) groups excluding carboxylic acids is 1. The molecular weight excluding hydrogens is 534 g/mol. The highest BCUT2D eigenvalue weighted by Crippen LogP contribution is 2.22. The normalized spacial score (nSPS) is 11.6. The van der Waals surface area contributed by atoms with Crippen molar-refractivity contribution < 1.29 is 21.6 Å². The lowest BCUT2D eigenvalue weighted by molar-refractivity contribution is 0.102. The van der Waals surface area contributed by atoms with Gasteiger partial charge >= 0.3 is 0 Å². The number of amides is 1. The second kappa shape index (κ2) is 11.3. The zero-order valence-electron chi connectivity index (χ0n) is 21.7. The number of hydrogen-bond donors (Lipinski definition) is 2. The summed E-state index contributed by atoms with van der Waals surface area (Å²) in [4.78, 5) is 12.8.